The van der Waals surface area contributed by atoms with Gasteiger partial charge in [-0.3, -0.25) is 4.79 Å². The first-order valence-electron chi connectivity index (χ1n) is 6.81. The van der Waals surface area contributed by atoms with E-state index < -0.39 is 17.3 Å². The molecule has 0 bridgehead atoms. The second-order valence-electron chi connectivity index (χ2n) is 4.99. The van der Waals surface area contributed by atoms with Gasteiger partial charge in [-0.2, -0.15) is 18.4 Å². The average molecular weight is 341 g/mol. The number of amides is 1. The number of aromatic nitrogens is 1. The average Bonchev–Trinajstić information content (AvgIpc) is 2.49. The molecule has 1 aromatic heterocycles. The minimum absolute atomic E-state index is 0.0646. The van der Waals surface area contributed by atoms with Crippen LogP contribution in [-0.2, 0) is 23.9 Å². The minimum Gasteiger partial charge on any atom is -0.338 e. The van der Waals surface area contributed by atoms with E-state index in [2.05, 4.69) is 11.6 Å². The molecule has 2 rings (SSSR count). The second kappa shape index (κ2) is 6.62. The summed E-state index contributed by atoms with van der Waals surface area (Å²) in [4.78, 5) is 17.1. The molecule has 0 fully saturated rings. The zero-order valence-electron chi connectivity index (χ0n) is 12.4. The first-order chi connectivity index (χ1) is 10.8. The monoisotopic (exact) mass is 341 g/mol. The SMILES string of the molecule is C=CCSc1nc2c(c(C(F)(F)F)c1C#N)CN(C(C)=O)CC2. The minimum atomic E-state index is -4.68. The van der Waals surface area contributed by atoms with Crippen LogP contribution in [0.5, 0.6) is 0 Å². The van der Waals surface area contributed by atoms with Crippen molar-refractivity contribution in [3.8, 4) is 6.07 Å². The van der Waals surface area contributed by atoms with Crippen LogP contribution in [0.25, 0.3) is 0 Å². The molecule has 0 unspecified atom stereocenters. The topological polar surface area (TPSA) is 57.0 Å². The van der Waals surface area contributed by atoms with Gasteiger partial charge < -0.3 is 4.90 Å². The van der Waals surface area contributed by atoms with Crippen molar-refractivity contribution < 1.29 is 18.0 Å². The van der Waals surface area contributed by atoms with E-state index in [9.17, 15) is 23.2 Å². The Balaban J connectivity index is 2.66. The van der Waals surface area contributed by atoms with Crippen molar-refractivity contribution in [1.29, 1.82) is 5.26 Å². The number of nitriles is 1. The van der Waals surface area contributed by atoms with Crippen LogP contribution < -0.4 is 0 Å². The molecule has 4 nitrogen and oxygen atoms in total. The molecule has 1 amide bonds. The third-order valence-corrected chi connectivity index (χ3v) is 4.47. The van der Waals surface area contributed by atoms with E-state index in [-0.39, 0.29) is 29.5 Å². The van der Waals surface area contributed by atoms with Crippen molar-refractivity contribution in [3.63, 3.8) is 0 Å². The molecular formula is C15H14F3N3OS. The summed E-state index contributed by atoms with van der Waals surface area (Å²) in [5.74, 6) is 0.0598. The van der Waals surface area contributed by atoms with Crippen LogP contribution in [-0.4, -0.2) is 28.1 Å². The number of alkyl halides is 3. The number of rotatable bonds is 3. The number of halogens is 3. The van der Waals surface area contributed by atoms with Crippen LogP contribution >= 0.6 is 11.8 Å². The first kappa shape index (κ1) is 17.3. The highest BCUT2D eigenvalue weighted by atomic mass is 32.2. The van der Waals surface area contributed by atoms with Crippen molar-refractivity contribution >= 4 is 17.7 Å². The number of thioether (sulfide) groups is 1. The van der Waals surface area contributed by atoms with E-state index >= 15 is 0 Å². The lowest BCUT2D eigenvalue weighted by Crippen LogP contribution is -2.36. The molecule has 0 aliphatic carbocycles. The van der Waals surface area contributed by atoms with Gasteiger partial charge in [0.05, 0.1) is 11.1 Å². The quantitative estimate of drug-likeness (QED) is 0.626. The Morgan fingerprint density at radius 1 is 1.57 bits per heavy atom. The van der Waals surface area contributed by atoms with Gasteiger partial charge in [-0.15, -0.1) is 18.3 Å². The van der Waals surface area contributed by atoms with Crippen molar-refractivity contribution in [2.75, 3.05) is 12.3 Å². The summed E-state index contributed by atoms with van der Waals surface area (Å²) in [6.45, 7) is 4.98. The van der Waals surface area contributed by atoms with Gasteiger partial charge in [0.25, 0.3) is 0 Å². The lowest BCUT2D eigenvalue weighted by molar-refractivity contribution is -0.140. The molecule has 1 aromatic rings. The molecule has 0 N–H and O–H groups in total. The predicted octanol–water partition coefficient (Wildman–Crippen LogP) is 3.15. The van der Waals surface area contributed by atoms with E-state index in [0.29, 0.717) is 18.0 Å². The highest BCUT2D eigenvalue weighted by Gasteiger charge is 2.41. The summed E-state index contributed by atoms with van der Waals surface area (Å²) < 4.78 is 40.6. The smallest absolute Gasteiger partial charge is 0.338 e. The Morgan fingerprint density at radius 2 is 2.26 bits per heavy atom. The van der Waals surface area contributed by atoms with E-state index in [0.717, 1.165) is 11.8 Å². The highest BCUT2D eigenvalue weighted by molar-refractivity contribution is 7.99. The summed E-state index contributed by atoms with van der Waals surface area (Å²) in [5, 5.41) is 9.29. The van der Waals surface area contributed by atoms with E-state index in [1.807, 2.05) is 0 Å². The number of carbonyl (C=O) groups is 1. The number of hydrogen-bond acceptors (Lipinski definition) is 4. The van der Waals surface area contributed by atoms with Crippen molar-refractivity contribution in [2.45, 2.75) is 31.1 Å². The van der Waals surface area contributed by atoms with Gasteiger partial charge in [0.1, 0.15) is 11.1 Å². The number of nitrogens with zero attached hydrogens (tertiary/aromatic N) is 3. The van der Waals surface area contributed by atoms with Gasteiger partial charge in [-0.1, -0.05) is 6.08 Å². The molecule has 0 spiro atoms. The zero-order chi connectivity index (χ0) is 17.2. The van der Waals surface area contributed by atoms with Crippen LogP contribution in [0.4, 0.5) is 13.2 Å². The maximum atomic E-state index is 13.5. The number of hydrogen-bond donors (Lipinski definition) is 0. The molecule has 8 heteroatoms. The standard InChI is InChI=1S/C15H14F3N3OS/c1-3-6-23-14-10(7-19)13(15(16,17)18)11-8-21(9(2)22)5-4-12(11)20-14/h3H,1,4-6,8H2,2H3. The van der Waals surface area contributed by atoms with Crippen LogP contribution in [0.3, 0.4) is 0 Å². The van der Waals surface area contributed by atoms with Crippen LogP contribution in [0.1, 0.15) is 29.3 Å². The number of carbonyl (C=O) groups excluding carboxylic acids is 1. The van der Waals surface area contributed by atoms with E-state index in [4.69, 9.17) is 0 Å². The summed E-state index contributed by atoms with van der Waals surface area (Å²) in [7, 11) is 0. The molecular weight excluding hydrogens is 327 g/mol. The third kappa shape index (κ3) is 3.50. The lowest BCUT2D eigenvalue weighted by atomic mass is 9.96. The van der Waals surface area contributed by atoms with E-state index in [1.165, 1.54) is 17.9 Å². The molecule has 122 valence electrons. The molecule has 0 saturated carbocycles. The molecule has 1 aliphatic rings. The molecule has 0 radical (unpaired) electrons. The Hall–Kier alpha value is -2.01. The molecule has 23 heavy (non-hydrogen) atoms. The molecule has 0 saturated heterocycles. The maximum Gasteiger partial charge on any atom is 0.418 e. The van der Waals surface area contributed by atoms with Gasteiger partial charge in [0.2, 0.25) is 5.91 Å². The maximum absolute atomic E-state index is 13.5. The second-order valence-corrected chi connectivity index (χ2v) is 6.00. The van der Waals surface area contributed by atoms with Gasteiger partial charge in [-0.05, 0) is 0 Å². The third-order valence-electron chi connectivity index (χ3n) is 3.50. The fourth-order valence-electron chi connectivity index (χ4n) is 2.46. The summed E-state index contributed by atoms with van der Waals surface area (Å²) >= 11 is 1.05. The highest BCUT2D eigenvalue weighted by Crippen LogP contribution is 2.40. The fourth-order valence-corrected chi connectivity index (χ4v) is 3.21. The lowest BCUT2D eigenvalue weighted by Gasteiger charge is -2.30. The van der Waals surface area contributed by atoms with Gasteiger partial charge >= 0.3 is 6.18 Å². The van der Waals surface area contributed by atoms with Crippen LogP contribution in [0.15, 0.2) is 17.7 Å². The largest absolute Gasteiger partial charge is 0.418 e. The molecule has 0 atom stereocenters. The normalized spacial score (nSPS) is 14.1. The van der Waals surface area contributed by atoms with Crippen molar-refractivity contribution in [3.05, 3.63) is 35.0 Å². The fraction of sp³-hybridized carbons (Fsp3) is 0.400. The van der Waals surface area contributed by atoms with Gasteiger partial charge in [0.15, 0.2) is 0 Å². The Morgan fingerprint density at radius 3 is 2.78 bits per heavy atom. The molecule has 1 aliphatic heterocycles. The number of fused-ring (bicyclic) bond motifs is 1. The van der Waals surface area contributed by atoms with Crippen molar-refractivity contribution in [1.82, 2.24) is 9.88 Å². The summed E-state index contributed by atoms with van der Waals surface area (Å²) in [5.41, 5.74) is -1.21. The predicted molar refractivity (Wildman–Crippen MR) is 79.7 cm³/mol. The van der Waals surface area contributed by atoms with Crippen LogP contribution in [0, 0.1) is 11.3 Å². The molecule has 2 heterocycles. The molecule has 0 aromatic carbocycles. The van der Waals surface area contributed by atoms with Gasteiger partial charge in [-0.25, -0.2) is 4.98 Å². The Labute approximate surface area is 136 Å². The first-order valence-corrected chi connectivity index (χ1v) is 7.80. The Bertz CT molecular complexity index is 695. The van der Waals surface area contributed by atoms with E-state index in [1.54, 1.807) is 6.07 Å². The van der Waals surface area contributed by atoms with Gasteiger partial charge in [0, 0.05) is 43.4 Å². The zero-order valence-corrected chi connectivity index (χ0v) is 13.2. The summed E-state index contributed by atoms with van der Waals surface area (Å²) in [6, 6.07) is 1.63. The van der Waals surface area contributed by atoms with Crippen molar-refractivity contribution in [2.24, 2.45) is 0 Å². The number of pyridine rings is 1. The Kier molecular flexibility index (Phi) is 5.00. The summed E-state index contributed by atoms with van der Waals surface area (Å²) in [6.07, 6.45) is -2.90. The van der Waals surface area contributed by atoms with Crippen LogP contribution in [0.2, 0.25) is 0 Å².